The summed E-state index contributed by atoms with van der Waals surface area (Å²) in [4.78, 5) is 11.6. The topological polar surface area (TPSA) is 37.3 Å². The Hall–Kier alpha value is -0.790. The van der Waals surface area contributed by atoms with Gasteiger partial charge in [-0.2, -0.15) is 0 Å². The maximum Gasteiger partial charge on any atom is 0.306 e. The Bertz CT molecular complexity index is 361. The van der Waals surface area contributed by atoms with Gasteiger partial charge in [0.1, 0.15) is 0 Å². The number of carboxylic acid groups (broad SMARTS) is 1. The van der Waals surface area contributed by atoms with E-state index in [0.29, 0.717) is 5.92 Å². The summed E-state index contributed by atoms with van der Waals surface area (Å²) in [6, 6.07) is 0. The van der Waals surface area contributed by atoms with Crippen LogP contribution in [0, 0.1) is 11.8 Å². The fraction of sp³-hybridized carbons (Fsp3) is 0.885. The first-order valence-corrected chi connectivity index (χ1v) is 12.5. The molecule has 0 spiro atoms. The number of hydrogen-bond acceptors (Lipinski definition) is 1. The highest BCUT2D eigenvalue weighted by Gasteiger charge is 2.21. The molecule has 2 atom stereocenters. The zero-order valence-electron chi connectivity index (χ0n) is 19.4. The third kappa shape index (κ3) is 17.3. The van der Waals surface area contributed by atoms with Crippen LogP contribution in [0.15, 0.2) is 12.2 Å². The molecule has 0 saturated carbocycles. The summed E-state index contributed by atoms with van der Waals surface area (Å²) < 4.78 is 0. The maximum absolute atomic E-state index is 11.6. The van der Waals surface area contributed by atoms with Gasteiger partial charge in [-0.3, -0.25) is 4.79 Å². The fourth-order valence-electron chi connectivity index (χ4n) is 4.01. The minimum absolute atomic E-state index is 0.126. The molecular weight excluding hydrogens is 344 g/mol. The monoisotopic (exact) mass is 394 g/mol. The van der Waals surface area contributed by atoms with E-state index in [2.05, 4.69) is 32.9 Å². The van der Waals surface area contributed by atoms with E-state index in [0.717, 1.165) is 25.7 Å². The van der Waals surface area contributed by atoms with Gasteiger partial charge in [-0.15, -0.1) is 0 Å². The van der Waals surface area contributed by atoms with E-state index < -0.39 is 5.97 Å². The minimum Gasteiger partial charge on any atom is -0.481 e. The summed E-state index contributed by atoms with van der Waals surface area (Å²) in [5.74, 6) is -0.107. The van der Waals surface area contributed by atoms with Crippen LogP contribution in [0.25, 0.3) is 0 Å². The molecule has 0 bridgehead atoms. The normalized spacial score (nSPS) is 13.8. The molecule has 0 radical (unpaired) electrons. The summed E-state index contributed by atoms with van der Waals surface area (Å²) in [5, 5.41) is 9.54. The predicted octanol–water partition coefficient (Wildman–Crippen LogP) is 8.94. The van der Waals surface area contributed by atoms with Gasteiger partial charge in [-0.1, -0.05) is 110 Å². The van der Waals surface area contributed by atoms with Gasteiger partial charge in [0.05, 0.1) is 5.92 Å². The SMILES string of the molecule is CCCCCCCCC=CCCCCCCC(CC(CC)CCCC)C(=O)O. The van der Waals surface area contributed by atoms with Crippen molar-refractivity contribution in [2.75, 3.05) is 0 Å². The average Bonchev–Trinajstić information content (AvgIpc) is 2.69. The average molecular weight is 395 g/mol. The van der Waals surface area contributed by atoms with Crippen molar-refractivity contribution in [2.45, 2.75) is 136 Å². The van der Waals surface area contributed by atoms with Gasteiger partial charge in [0.2, 0.25) is 0 Å². The highest BCUT2D eigenvalue weighted by atomic mass is 16.4. The van der Waals surface area contributed by atoms with Gasteiger partial charge in [0, 0.05) is 0 Å². The molecule has 0 fully saturated rings. The molecular formula is C26H50O2. The zero-order valence-corrected chi connectivity index (χ0v) is 19.4. The van der Waals surface area contributed by atoms with E-state index in [1.54, 1.807) is 0 Å². The molecule has 0 aromatic carbocycles. The van der Waals surface area contributed by atoms with Gasteiger partial charge in [-0.05, 0) is 44.4 Å². The van der Waals surface area contributed by atoms with Gasteiger partial charge in [0.15, 0.2) is 0 Å². The highest BCUT2D eigenvalue weighted by molar-refractivity contribution is 5.69. The molecule has 0 aromatic heterocycles. The lowest BCUT2D eigenvalue weighted by Gasteiger charge is -2.19. The van der Waals surface area contributed by atoms with E-state index >= 15 is 0 Å². The molecule has 166 valence electrons. The summed E-state index contributed by atoms with van der Waals surface area (Å²) in [5.41, 5.74) is 0. The van der Waals surface area contributed by atoms with Gasteiger partial charge >= 0.3 is 5.97 Å². The number of aliphatic carboxylic acids is 1. The van der Waals surface area contributed by atoms with E-state index in [4.69, 9.17) is 0 Å². The summed E-state index contributed by atoms with van der Waals surface area (Å²) in [6.07, 6.45) is 26.6. The van der Waals surface area contributed by atoms with Crippen LogP contribution >= 0.6 is 0 Å². The van der Waals surface area contributed by atoms with Crippen molar-refractivity contribution >= 4 is 5.97 Å². The number of allylic oxidation sites excluding steroid dienone is 2. The van der Waals surface area contributed by atoms with E-state index in [9.17, 15) is 9.90 Å². The molecule has 0 aliphatic carbocycles. The summed E-state index contributed by atoms with van der Waals surface area (Å²) >= 11 is 0. The lowest BCUT2D eigenvalue weighted by molar-refractivity contribution is -0.142. The molecule has 0 aromatic rings. The number of carbonyl (C=O) groups is 1. The van der Waals surface area contributed by atoms with E-state index in [1.807, 2.05) is 0 Å². The molecule has 1 N–H and O–H groups in total. The summed E-state index contributed by atoms with van der Waals surface area (Å²) in [6.45, 7) is 6.69. The highest BCUT2D eigenvalue weighted by Crippen LogP contribution is 2.25. The molecule has 0 aliphatic rings. The van der Waals surface area contributed by atoms with Crippen molar-refractivity contribution in [1.82, 2.24) is 0 Å². The molecule has 0 heterocycles. The standard InChI is InChI=1S/C26H50O2/c1-4-7-9-10-11-12-13-14-15-16-17-18-19-20-22-25(26(27)28)23-24(6-3)21-8-5-2/h14-15,24-25H,4-13,16-23H2,1-3H3,(H,27,28). The molecule has 0 saturated heterocycles. The summed E-state index contributed by atoms with van der Waals surface area (Å²) in [7, 11) is 0. The third-order valence-electron chi connectivity index (χ3n) is 6.07. The molecule has 2 nitrogen and oxygen atoms in total. The first-order valence-electron chi connectivity index (χ1n) is 12.5. The van der Waals surface area contributed by atoms with Crippen LogP contribution in [0.1, 0.15) is 136 Å². The lowest BCUT2D eigenvalue weighted by Crippen LogP contribution is -2.18. The van der Waals surface area contributed by atoms with Crippen molar-refractivity contribution in [3.8, 4) is 0 Å². The van der Waals surface area contributed by atoms with Crippen molar-refractivity contribution in [1.29, 1.82) is 0 Å². The third-order valence-corrected chi connectivity index (χ3v) is 6.07. The van der Waals surface area contributed by atoms with Gasteiger partial charge < -0.3 is 5.11 Å². The Kier molecular flexibility index (Phi) is 20.3. The first kappa shape index (κ1) is 27.2. The van der Waals surface area contributed by atoms with Crippen LogP contribution in [0.2, 0.25) is 0 Å². The zero-order chi connectivity index (χ0) is 20.9. The van der Waals surface area contributed by atoms with Crippen LogP contribution in [-0.2, 0) is 4.79 Å². The molecule has 28 heavy (non-hydrogen) atoms. The number of carboxylic acids is 1. The van der Waals surface area contributed by atoms with E-state index in [1.165, 1.54) is 89.9 Å². The van der Waals surface area contributed by atoms with Crippen LogP contribution in [0.3, 0.4) is 0 Å². The fourth-order valence-corrected chi connectivity index (χ4v) is 4.01. The smallest absolute Gasteiger partial charge is 0.306 e. The minimum atomic E-state index is -0.576. The predicted molar refractivity (Wildman–Crippen MR) is 124 cm³/mol. The number of rotatable bonds is 21. The van der Waals surface area contributed by atoms with Gasteiger partial charge in [-0.25, -0.2) is 0 Å². The maximum atomic E-state index is 11.6. The molecule has 0 amide bonds. The second kappa shape index (κ2) is 20.9. The van der Waals surface area contributed by atoms with Crippen LogP contribution in [0.5, 0.6) is 0 Å². The molecule has 2 unspecified atom stereocenters. The second-order valence-electron chi connectivity index (χ2n) is 8.71. The molecule has 0 aliphatic heterocycles. The van der Waals surface area contributed by atoms with Crippen LogP contribution in [0.4, 0.5) is 0 Å². The second-order valence-corrected chi connectivity index (χ2v) is 8.71. The quantitative estimate of drug-likeness (QED) is 0.156. The Morgan fingerprint density at radius 3 is 1.79 bits per heavy atom. The van der Waals surface area contributed by atoms with Crippen LogP contribution in [-0.4, -0.2) is 11.1 Å². The van der Waals surface area contributed by atoms with Crippen molar-refractivity contribution in [3.63, 3.8) is 0 Å². The molecule has 0 rings (SSSR count). The van der Waals surface area contributed by atoms with Crippen molar-refractivity contribution in [3.05, 3.63) is 12.2 Å². The Morgan fingerprint density at radius 1 is 0.714 bits per heavy atom. The number of hydrogen-bond donors (Lipinski definition) is 1. The Labute approximate surface area is 176 Å². The largest absolute Gasteiger partial charge is 0.481 e. The van der Waals surface area contributed by atoms with Crippen LogP contribution < -0.4 is 0 Å². The Morgan fingerprint density at radius 2 is 1.25 bits per heavy atom. The lowest BCUT2D eigenvalue weighted by atomic mass is 9.86. The van der Waals surface area contributed by atoms with Crippen molar-refractivity contribution < 1.29 is 9.90 Å². The molecule has 2 heteroatoms. The first-order chi connectivity index (χ1) is 13.7. The van der Waals surface area contributed by atoms with Gasteiger partial charge in [0.25, 0.3) is 0 Å². The van der Waals surface area contributed by atoms with Crippen molar-refractivity contribution in [2.24, 2.45) is 11.8 Å². The Balaban J connectivity index is 3.67. The number of unbranched alkanes of at least 4 members (excludes halogenated alkanes) is 11. The van der Waals surface area contributed by atoms with E-state index in [-0.39, 0.29) is 5.92 Å².